The lowest BCUT2D eigenvalue weighted by molar-refractivity contribution is -0.121. The summed E-state index contributed by atoms with van der Waals surface area (Å²) in [5.41, 5.74) is 4.91. The van der Waals surface area contributed by atoms with Gasteiger partial charge in [0.05, 0.1) is 5.41 Å². The number of amides is 1. The van der Waals surface area contributed by atoms with Gasteiger partial charge in [0.25, 0.3) is 0 Å². The smallest absolute Gasteiger partial charge is 0.238 e. The molecule has 4 nitrogen and oxygen atoms in total. The Balaban J connectivity index is 2.17. The first-order valence-corrected chi connectivity index (χ1v) is 7.43. The number of pyridine rings is 1. The van der Waals surface area contributed by atoms with Crippen LogP contribution in [0.5, 0.6) is 0 Å². The van der Waals surface area contributed by atoms with Crippen molar-refractivity contribution < 1.29 is 4.79 Å². The van der Waals surface area contributed by atoms with Gasteiger partial charge in [-0.15, -0.1) is 0 Å². The van der Waals surface area contributed by atoms with E-state index in [1.807, 2.05) is 27.1 Å². The average molecular weight is 295 g/mol. The van der Waals surface area contributed by atoms with Crippen LogP contribution in [0.3, 0.4) is 0 Å². The SMILES string of the molecule is CNc1ccc(C)c(-c2cnc3c(c2)C(C)(C)C(=O)N3C)c1. The highest BCUT2D eigenvalue weighted by molar-refractivity contribution is 6.06. The van der Waals surface area contributed by atoms with Crippen LogP contribution in [0.4, 0.5) is 11.5 Å². The van der Waals surface area contributed by atoms with Crippen LogP contribution in [0.25, 0.3) is 11.1 Å². The fourth-order valence-corrected chi connectivity index (χ4v) is 3.05. The van der Waals surface area contributed by atoms with E-state index < -0.39 is 5.41 Å². The Labute approximate surface area is 131 Å². The second-order valence-electron chi connectivity index (χ2n) is 6.36. The molecular weight excluding hydrogens is 274 g/mol. The molecule has 1 aliphatic rings. The number of likely N-dealkylation sites (N-methyl/N-ethyl adjacent to an activating group) is 1. The first kappa shape index (κ1) is 14.6. The van der Waals surface area contributed by atoms with Crippen molar-refractivity contribution in [2.24, 2.45) is 0 Å². The summed E-state index contributed by atoms with van der Waals surface area (Å²) in [5, 5.41) is 3.16. The summed E-state index contributed by atoms with van der Waals surface area (Å²) in [6.07, 6.45) is 1.85. The van der Waals surface area contributed by atoms with Crippen molar-refractivity contribution in [1.29, 1.82) is 0 Å². The Morgan fingerprint density at radius 1 is 1.23 bits per heavy atom. The van der Waals surface area contributed by atoms with Crippen molar-refractivity contribution in [3.63, 3.8) is 0 Å². The van der Waals surface area contributed by atoms with Gasteiger partial charge in [0.2, 0.25) is 5.91 Å². The molecule has 0 bridgehead atoms. The fraction of sp³-hybridized carbons (Fsp3) is 0.333. The normalized spacial score (nSPS) is 15.9. The number of carbonyl (C=O) groups excluding carboxylic acids is 1. The Hall–Kier alpha value is -2.36. The van der Waals surface area contributed by atoms with E-state index in [0.717, 1.165) is 28.2 Å². The third-order valence-corrected chi connectivity index (χ3v) is 4.53. The number of carbonyl (C=O) groups is 1. The van der Waals surface area contributed by atoms with Crippen molar-refractivity contribution in [2.45, 2.75) is 26.2 Å². The summed E-state index contributed by atoms with van der Waals surface area (Å²) in [6.45, 7) is 6.00. The molecule has 0 fully saturated rings. The number of nitrogens with one attached hydrogen (secondary N) is 1. The van der Waals surface area contributed by atoms with E-state index in [9.17, 15) is 4.79 Å². The van der Waals surface area contributed by atoms with Gasteiger partial charge in [0.1, 0.15) is 5.82 Å². The van der Waals surface area contributed by atoms with Crippen molar-refractivity contribution in [3.8, 4) is 11.1 Å². The molecule has 0 aliphatic carbocycles. The van der Waals surface area contributed by atoms with Gasteiger partial charge >= 0.3 is 0 Å². The van der Waals surface area contributed by atoms with Crippen LogP contribution in [0.1, 0.15) is 25.0 Å². The molecule has 1 N–H and O–H groups in total. The maximum Gasteiger partial charge on any atom is 0.238 e. The zero-order valence-electron chi connectivity index (χ0n) is 13.7. The van der Waals surface area contributed by atoms with Gasteiger partial charge in [0.15, 0.2) is 0 Å². The first-order chi connectivity index (χ1) is 10.4. The Morgan fingerprint density at radius 3 is 2.64 bits per heavy atom. The van der Waals surface area contributed by atoms with Gasteiger partial charge in [-0.05, 0) is 50.1 Å². The Kier molecular flexibility index (Phi) is 3.20. The second kappa shape index (κ2) is 4.83. The van der Waals surface area contributed by atoms with E-state index in [2.05, 4.69) is 41.5 Å². The minimum Gasteiger partial charge on any atom is -0.388 e. The van der Waals surface area contributed by atoms with Crippen LogP contribution in [0, 0.1) is 6.92 Å². The summed E-state index contributed by atoms with van der Waals surface area (Å²) in [5.74, 6) is 0.856. The minimum atomic E-state index is -0.526. The van der Waals surface area contributed by atoms with Gasteiger partial charge in [-0.1, -0.05) is 6.07 Å². The molecule has 1 amide bonds. The molecule has 2 aromatic rings. The van der Waals surface area contributed by atoms with Crippen molar-refractivity contribution in [1.82, 2.24) is 4.98 Å². The van der Waals surface area contributed by atoms with E-state index in [0.29, 0.717) is 0 Å². The van der Waals surface area contributed by atoms with Crippen LogP contribution < -0.4 is 10.2 Å². The number of hydrogen-bond acceptors (Lipinski definition) is 3. The number of hydrogen-bond donors (Lipinski definition) is 1. The van der Waals surface area contributed by atoms with E-state index in [4.69, 9.17) is 0 Å². The van der Waals surface area contributed by atoms with Crippen LogP contribution >= 0.6 is 0 Å². The molecule has 114 valence electrons. The highest BCUT2D eigenvalue weighted by atomic mass is 16.2. The zero-order chi connectivity index (χ0) is 16.1. The second-order valence-corrected chi connectivity index (χ2v) is 6.36. The molecule has 1 aromatic carbocycles. The van der Waals surface area contributed by atoms with E-state index >= 15 is 0 Å². The Bertz CT molecular complexity index is 765. The standard InChI is InChI=1S/C18H21N3O/c1-11-6-7-13(19-4)9-14(11)12-8-15-16(20-10-12)21(5)17(22)18(15,2)3/h6-10,19H,1-5H3. The molecule has 1 aliphatic heterocycles. The van der Waals surface area contributed by atoms with Crippen LogP contribution in [0.15, 0.2) is 30.5 Å². The third-order valence-electron chi connectivity index (χ3n) is 4.53. The van der Waals surface area contributed by atoms with Crippen molar-refractivity contribution in [2.75, 3.05) is 24.3 Å². The largest absolute Gasteiger partial charge is 0.388 e. The molecule has 0 radical (unpaired) electrons. The lowest BCUT2D eigenvalue weighted by Crippen LogP contribution is -2.33. The van der Waals surface area contributed by atoms with Crippen molar-refractivity contribution >= 4 is 17.4 Å². The monoisotopic (exact) mass is 295 g/mol. The van der Waals surface area contributed by atoms with Gasteiger partial charge in [-0.3, -0.25) is 9.69 Å². The number of fused-ring (bicyclic) bond motifs is 1. The molecule has 3 rings (SSSR count). The lowest BCUT2D eigenvalue weighted by atomic mass is 9.85. The van der Waals surface area contributed by atoms with E-state index in [1.165, 1.54) is 5.56 Å². The summed E-state index contributed by atoms with van der Waals surface area (Å²) in [7, 11) is 3.70. The maximum absolute atomic E-state index is 12.4. The summed E-state index contributed by atoms with van der Waals surface area (Å²) in [6, 6.07) is 8.37. The number of benzene rings is 1. The molecule has 0 saturated heterocycles. The fourth-order valence-electron chi connectivity index (χ4n) is 3.05. The molecule has 0 atom stereocenters. The molecule has 22 heavy (non-hydrogen) atoms. The minimum absolute atomic E-state index is 0.0906. The zero-order valence-corrected chi connectivity index (χ0v) is 13.7. The predicted octanol–water partition coefficient (Wildman–Crippen LogP) is 3.35. The van der Waals surface area contributed by atoms with Crippen LogP contribution in [0.2, 0.25) is 0 Å². The highest BCUT2D eigenvalue weighted by Crippen LogP contribution is 2.41. The maximum atomic E-state index is 12.4. The Morgan fingerprint density at radius 2 is 1.95 bits per heavy atom. The van der Waals surface area contributed by atoms with Crippen molar-refractivity contribution in [3.05, 3.63) is 41.6 Å². The van der Waals surface area contributed by atoms with Crippen LogP contribution in [-0.4, -0.2) is 25.0 Å². The molecule has 2 heterocycles. The van der Waals surface area contributed by atoms with Gasteiger partial charge < -0.3 is 5.32 Å². The number of anilines is 2. The molecule has 0 spiro atoms. The molecule has 1 aromatic heterocycles. The number of nitrogens with zero attached hydrogens (tertiary/aromatic N) is 2. The molecule has 4 heteroatoms. The highest BCUT2D eigenvalue weighted by Gasteiger charge is 2.43. The summed E-state index contributed by atoms with van der Waals surface area (Å²) >= 11 is 0. The quantitative estimate of drug-likeness (QED) is 0.924. The van der Waals surface area contributed by atoms with Gasteiger partial charge in [0, 0.05) is 37.1 Å². The van der Waals surface area contributed by atoms with E-state index in [-0.39, 0.29) is 5.91 Å². The molecular formula is C18H21N3O. The average Bonchev–Trinajstić information content (AvgIpc) is 2.69. The molecule has 0 unspecified atom stereocenters. The first-order valence-electron chi connectivity index (χ1n) is 7.43. The van der Waals surface area contributed by atoms with E-state index in [1.54, 1.807) is 11.9 Å². The topological polar surface area (TPSA) is 45.2 Å². The lowest BCUT2D eigenvalue weighted by Gasteiger charge is -2.16. The summed E-state index contributed by atoms with van der Waals surface area (Å²) < 4.78 is 0. The predicted molar refractivity (Wildman–Crippen MR) is 90.4 cm³/mol. The molecule has 0 saturated carbocycles. The van der Waals surface area contributed by atoms with Crippen LogP contribution in [-0.2, 0) is 10.2 Å². The van der Waals surface area contributed by atoms with Gasteiger partial charge in [-0.25, -0.2) is 4.98 Å². The number of aromatic nitrogens is 1. The number of aryl methyl sites for hydroxylation is 1. The summed E-state index contributed by atoms with van der Waals surface area (Å²) in [4.78, 5) is 18.6. The van der Waals surface area contributed by atoms with Gasteiger partial charge in [-0.2, -0.15) is 0 Å². The number of rotatable bonds is 2. The third kappa shape index (κ3) is 1.98.